The Balaban J connectivity index is 1.91. The third-order valence-electron chi connectivity index (χ3n) is 3.92. The molecule has 130 valence electrons. The van der Waals surface area contributed by atoms with Crippen molar-refractivity contribution in [3.8, 4) is 0 Å². The molecule has 1 aromatic carbocycles. The van der Waals surface area contributed by atoms with Crippen LogP contribution in [0.25, 0.3) is 0 Å². The molecule has 0 saturated heterocycles. The van der Waals surface area contributed by atoms with Crippen molar-refractivity contribution in [3.63, 3.8) is 0 Å². The van der Waals surface area contributed by atoms with Crippen LogP contribution < -0.4 is 5.32 Å². The number of aryl methyl sites for hydroxylation is 3. The maximum Gasteiger partial charge on any atom is 0.234 e. The van der Waals surface area contributed by atoms with E-state index in [0.717, 1.165) is 41.4 Å². The summed E-state index contributed by atoms with van der Waals surface area (Å²) in [6, 6.07) is 6.10. The zero-order valence-electron chi connectivity index (χ0n) is 14.7. The summed E-state index contributed by atoms with van der Waals surface area (Å²) in [5.74, 6) is 0.330. The molecule has 1 aromatic heterocycles. The Morgan fingerprint density at radius 3 is 2.88 bits per heavy atom. The van der Waals surface area contributed by atoms with E-state index in [2.05, 4.69) is 35.4 Å². The second-order valence-electron chi connectivity index (χ2n) is 5.81. The number of thioether (sulfide) groups is 1. The molecule has 0 radical (unpaired) electrons. The normalized spacial score (nSPS) is 10.8. The number of hydrogen-bond donors (Lipinski definition) is 1. The molecule has 1 amide bonds. The summed E-state index contributed by atoms with van der Waals surface area (Å²) in [5, 5.41) is 11.9. The summed E-state index contributed by atoms with van der Waals surface area (Å²) in [7, 11) is 0. The quantitative estimate of drug-likeness (QED) is 0.549. The van der Waals surface area contributed by atoms with E-state index in [4.69, 9.17) is 0 Å². The Kier molecular flexibility index (Phi) is 7.31. The van der Waals surface area contributed by atoms with Crippen molar-refractivity contribution in [1.29, 1.82) is 0 Å². The number of anilines is 1. The van der Waals surface area contributed by atoms with Crippen molar-refractivity contribution in [2.45, 2.75) is 58.2 Å². The van der Waals surface area contributed by atoms with Gasteiger partial charge in [0.25, 0.3) is 0 Å². The van der Waals surface area contributed by atoms with Crippen molar-refractivity contribution in [2.24, 2.45) is 0 Å². The summed E-state index contributed by atoms with van der Waals surface area (Å²) in [6.45, 7) is 7.20. The summed E-state index contributed by atoms with van der Waals surface area (Å²) >= 11 is 1.44. The molecule has 2 aromatic rings. The minimum absolute atomic E-state index is 0.00731. The topological polar surface area (TPSA) is 59.8 Å². The highest BCUT2D eigenvalue weighted by Gasteiger charge is 2.11. The van der Waals surface area contributed by atoms with E-state index in [1.54, 1.807) is 6.33 Å². The molecule has 2 rings (SSSR count). The summed E-state index contributed by atoms with van der Waals surface area (Å²) in [5.41, 5.74) is 3.20. The van der Waals surface area contributed by atoms with E-state index in [1.807, 2.05) is 23.6 Å². The van der Waals surface area contributed by atoms with Gasteiger partial charge in [-0.25, -0.2) is 0 Å². The van der Waals surface area contributed by atoms with Gasteiger partial charge >= 0.3 is 0 Å². The number of aromatic nitrogens is 3. The number of nitrogens with one attached hydrogen (secondary N) is 1. The van der Waals surface area contributed by atoms with E-state index < -0.39 is 0 Å². The fraction of sp³-hybridized carbons (Fsp3) is 0.500. The van der Waals surface area contributed by atoms with Crippen molar-refractivity contribution < 1.29 is 4.79 Å². The highest BCUT2D eigenvalue weighted by molar-refractivity contribution is 7.99. The number of rotatable bonds is 9. The van der Waals surface area contributed by atoms with Gasteiger partial charge in [0.05, 0.1) is 5.75 Å². The maximum atomic E-state index is 12.3. The molecule has 1 N–H and O–H groups in total. The van der Waals surface area contributed by atoms with Gasteiger partial charge in [-0.05, 0) is 30.9 Å². The Morgan fingerprint density at radius 2 is 2.12 bits per heavy atom. The van der Waals surface area contributed by atoms with Gasteiger partial charge in [-0.3, -0.25) is 4.79 Å². The van der Waals surface area contributed by atoms with Gasteiger partial charge in [-0.15, -0.1) is 10.2 Å². The lowest BCUT2D eigenvalue weighted by Crippen LogP contribution is -2.16. The predicted octanol–water partition coefficient (Wildman–Crippen LogP) is 4.07. The molecule has 24 heavy (non-hydrogen) atoms. The zero-order valence-corrected chi connectivity index (χ0v) is 15.5. The number of para-hydroxylation sites is 1. The number of nitrogens with zero attached hydrogens (tertiary/aromatic N) is 3. The second kappa shape index (κ2) is 9.47. The van der Waals surface area contributed by atoms with Crippen LogP contribution in [-0.4, -0.2) is 26.4 Å². The largest absolute Gasteiger partial charge is 0.325 e. The Bertz CT molecular complexity index is 669. The first-order valence-corrected chi connectivity index (χ1v) is 9.53. The molecule has 0 atom stereocenters. The molecule has 0 aliphatic carbocycles. The van der Waals surface area contributed by atoms with Crippen molar-refractivity contribution in [1.82, 2.24) is 14.8 Å². The van der Waals surface area contributed by atoms with Gasteiger partial charge in [-0.1, -0.05) is 56.7 Å². The molecule has 5 nitrogen and oxygen atoms in total. The van der Waals surface area contributed by atoms with Gasteiger partial charge < -0.3 is 9.88 Å². The minimum Gasteiger partial charge on any atom is -0.325 e. The van der Waals surface area contributed by atoms with Gasteiger partial charge in [0, 0.05) is 12.2 Å². The van der Waals surface area contributed by atoms with Gasteiger partial charge in [0.2, 0.25) is 5.91 Å². The first-order valence-electron chi connectivity index (χ1n) is 8.54. The number of unbranched alkanes of at least 4 members (excludes halogenated alkanes) is 2. The van der Waals surface area contributed by atoms with Crippen LogP contribution in [-0.2, 0) is 17.8 Å². The highest BCUT2D eigenvalue weighted by atomic mass is 32.2. The molecular formula is C18H26N4OS. The van der Waals surface area contributed by atoms with E-state index in [0.29, 0.717) is 5.75 Å². The van der Waals surface area contributed by atoms with E-state index >= 15 is 0 Å². The Morgan fingerprint density at radius 1 is 1.29 bits per heavy atom. The zero-order chi connectivity index (χ0) is 17.4. The Labute approximate surface area is 148 Å². The van der Waals surface area contributed by atoms with Gasteiger partial charge in [-0.2, -0.15) is 0 Å². The average molecular weight is 347 g/mol. The maximum absolute atomic E-state index is 12.3. The van der Waals surface area contributed by atoms with E-state index in [9.17, 15) is 4.79 Å². The molecule has 0 bridgehead atoms. The second-order valence-corrected chi connectivity index (χ2v) is 6.76. The van der Waals surface area contributed by atoms with Crippen LogP contribution in [0.15, 0.2) is 29.7 Å². The van der Waals surface area contributed by atoms with Crippen LogP contribution in [0, 0.1) is 6.92 Å². The van der Waals surface area contributed by atoms with Crippen molar-refractivity contribution >= 4 is 23.4 Å². The number of hydrogen-bond acceptors (Lipinski definition) is 4. The highest BCUT2D eigenvalue weighted by Crippen LogP contribution is 2.22. The first kappa shape index (κ1) is 18.5. The number of carbonyl (C=O) groups excluding carboxylic acids is 1. The lowest BCUT2D eigenvalue weighted by atomic mass is 10.1. The van der Waals surface area contributed by atoms with Crippen molar-refractivity contribution in [3.05, 3.63) is 35.7 Å². The number of benzene rings is 1. The predicted molar refractivity (Wildman–Crippen MR) is 99.5 cm³/mol. The molecular weight excluding hydrogens is 320 g/mol. The summed E-state index contributed by atoms with van der Waals surface area (Å²) < 4.78 is 2.03. The van der Waals surface area contributed by atoms with Crippen LogP contribution >= 0.6 is 11.8 Å². The lowest BCUT2D eigenvalue weighted by Gasteiger charge is -2.12. The van der Waals surface area contributed by atoms with Gasteiger partial charge in [0.15, 0.2) is 5.16 Å². The molecule has 0 unspecified atom stereocenters. The van der Waals surface area contributed by atoms with Crippen LogP contribution in [0.5, 0.6) is 0 Å². The first-order chi connectivity index (χ1) is 11.7. The third kappa shape index (κ3) is 5.09. The van der Waals surface area contributed by atoms with E-state index in [1.165, 1.54) is 24.6 Å². The summed E-state index contributed by atoms with van der Waals surface area (Å²) in [4.78, 5) is 12.3. The fourth-order valence-electron chi connectivity index (χ4n) is 2.55. The van der Waals surface area contributed by atoms with Crippen LogP contribution in [0.3, 0.4) is 0 Å². The summed E-state index contributed by atoms with van der Waals surface area (Å²) in [6.07, 6.45) is 6.12. The van der Waals surface area contributed by atoms with Gasteiger partial charge in [0.1, 0.15) is 6.33 Å². The number of carbonyl (C=O) groups is 1. The monoisotopic (exact) mass is 346 g/mol. The molecule has 1 heterocycles. The van der Waals surface area contributed by atoms with E-state index in [-0.39, 0.29) is 5.91 Å². The molecule has 0 fully saturated rings. The standard InChI is InChI=1S/C18H26N4OS/c1-4-6-7-11-22-13-19-21-18(22)24-12-16(23)20-17-14(3)9-8-10-15(17)5-2/h8-10,13H,4-7,11-12H2,1-3H3,(H,20,23). The smallest absolute Gasteiger partial charge is 0.234 e. The minimum atomic E-state index is -0.00731. The molecule has 6 heteroatoms. The third-order valence-corrected chi connectivity index (χ3v) is 4.90. The molecule has 0 aliphatic rings. The number of amides is 1. The molecule has 0 aliphatic heterocycles. The van der Waals surface area contributed by atoms with Crippen LogP contribution in [0.1, 0.15) is 44.2 Å². The SMILES string of the molecule is CCCCCn1cnnc1SCC(=O)Nc1c(C)cccc1CC. The fourth-order valence-corrected chi connectivity index (χ4v) is 3.29. The van der Waals surface area contributed by atoms with Crippen molar-refractivity contribution in [2.75, 3.05) is 11.1 Å². The van der Waals surface area contributed by atoms with Crippen LogP contribution in [0.2, 0.25) is 0 Å². The average Bonchev–Trinajstić information content (AvgIpc) is 3.02. The molecule has 0 spiro atoms. The Hall–Kier alpha value is -1.82. The lowest BCUT2D eigenvalue weighted by molar-refractivity contribution is -0.113. The van der Waals surface area contributed by atoms with Crippen LogP contribution in [0.4, 0.5) is 5.69 Å². The molecule has 0 saturated carbocycles.